The van der Waals surface area contributed by atoms with Crippen LogP contribution in [0.25, 0.3) is 11.0 Å². The fraction of sp³-hybridized carbons (Fsp3) is 0.480. The molecule has 1 aliphatic rings. The summed E-state index contributed by atoms with van der Waals surface area (Å²) in [5, 5.41) is 5.33. The number of hydrogen-bond acceptors (Lipinski definition) is 5. The summed E-state index contributed by atoms with van der Waals surface area (Å²) in [4.78, 5) is 21.9. The van der Waals surface area contributed by atoms with Gasteiger partial charge in [-0.2, -0.15) is 0 Å². The van der Waals surface area contributed by atoms with Crippen molar-refractivity contribution in [3.05, 3.63) is 53.2 Å². The molecule has 1 aromatic carbocycles. The van der Waals surface area contributed by atoms with Gasteiger partial charge in [-0.1, -0.05) is 30.3 Å². The maximum atomic E-state index is 12.9. The van der Waals surface area contributed by atoms with Gasteiger partial charge in [0.25, 0.3) is 5.91 Å². The number of nitrogens with zero attached hydrogens (tertiary/aromatic N) is 5. The number of aryl methyl sites for hydroxylation is 3. The third-order valence-electron chi connectivity index (χ3n) is 6.25. The fourth-order valence-corrected chi connectivity index (χ4v) is 4.64. The number of aromatic nitrogens is 3. The van der Waals surface area contributed by atoms with E-state index in [-0.39, 0.29) is 12.5 Å². The van der Waals surface area contributed by atoms with Gasteiger partial charge in [-0.3, -0.25) is 9.69 Å². The van der Waals surface area contributed by atoms with E-state index in [4.69, 9.17) is 4.74 Å². The summed E-state index contributed by atoms with van der Waals surface area (Å²) >= 11 is 0. The number of ether oxygens (including phenoxy) is 1. The monoisotopic (exact) mass is 435 g/mol. The molecule has 0 radical (unpaired) electrons. The van der Waals surface area contributed by atoms with Crippen LogP contribution < -0.4 is 4.74 Å². The van der Waals surface area contributed by atoms with Crippen LogP contribution in [0.1, 0.15) is 30.2 Å². The van der Waals surface area contributed by atoms with Crippen LogP contribution in [0.4, 0.5) is 0 Å². The molecule has 4 rings (SSSR count). The summed E-state index contributed by atoms with van der Waals surface area (Å²) in [5.41, 5.74) is 4.12. The SMILES string of the molecule is CCN(CC1CCN(Cc2ccccc2)C1)C(=O)COc1nn(C)c2nc(C)cc(C)c12. The van der Waals surface area contributed by atoms with E-state index < -0.39 is 0 Å². The Balaban J connectivity index is 1.33. The highest BCUT2D eigenvalue weighted by Gasteiger charge is 2.26. The number of benzene rings is 1. The summed E-state index contributed by atoms with van der Waals surface area (Å²) < 4.78 is 7.61. The van der Waals surface area contributed by atoms with Gasteiger partial charge in [0.15, 0.2) is 12.3 Å². The van der Waals surface area contributed by atoms with E-state index in [2.05, 4.69) is 45.3 Å². The van der Waals surface area contributed by atoms with E-state index in [0.717, 1.165) is 54.9 Å². The number of likely N-dealkylation sites (N-methyl/N-ethyl adjacent to an activating group) is 1. The number of hydrogen-bond donors (Lipinski definition) is 0. The molecule has 7 heteroatoms. The normalized spacial score (nSPS) is 16.6. The molecule has 2 aromatic heterocycles. The number of pyridine rings is 1. The van der Waals surface area contributed by atoms with E-state index in [1.165, 1.54) is 5.56 Å². The summed E-state index contributed by atoms with van der Waals surface area (Å²) in [7, 11) is 1.85. The van der Waals surface area contributed by atoms with Gasteiger partial charge in [-0.15, -0.1) is 5.10 Å². The van der Waals surface area contributed by atoms with Gasteiger partial charge >= 0.3 is 0 Å². The van der Waals surface area contributed by atoms with Gasteiger partial charge in [0, 0.05) is 38.9 Å². The maximum absolute atomic E-state index is 12.9. The molecular formula is C25H33N5O2. The lowest BCUT2D eigenvalue weighted by atomic mass is 10.1. The summed E-state index contributed by atoms with van der Waals surface area (Å²) in [6.45, 7) is 10.5. The lowest BCUT2D eigenvalue weighted by molar-refractivity contribution is -0.133. The van der Waals surface area contributed by atoms with E-state index >= 15 is 0 Å². The first kappa shape index (κ1) is 22.3. The Morgan fingerprint density at radius 1 is 1.25 bits per heavy atom. The quantitative estimate of drug-likeness (QED) is 0.543. The molecule has 1 unspecified atom stereocenters. The third-order valence-corrected chi connectivity index (χ3v) is 6.25. The van der Waals surface area contributed by atoms with Crippen LogP contribution in [0.3, 0.4) is 0 Å². The van der Waals surface area contributed by atoms with Crippen LogP contribution in [-0.4, -0.2) is 63.3 Å². The molecule has 1 saturated heterocycles. The number of amides is 1. The molecule has 0 aliphatic carbocycles. The van der Waals surface area contributed by atoms with Gasteiger partial charge in [-0.25, -0.2) is 9.67 Å². The van der Waals surface area contributed by atoms with Gasteiger partial charge in [-0.05, 0) is 56.8 Å². The van der Waals surface area contributed by atoms with Crippen molar-refractivity contribution in [1.82, 2.24) is 24.6 Å². The highest BCUT2D eigenvalue weighted by molar-refractivity contribution is 5.85. The molecule has 0 spiro atoms. The average Bonchev–Trinajstić information content (AvgIpc) is 3.34. The molecule has 1 aliphatic heterocycles. The second kappa shape index (κ2) is 9.69. The van der Waals surface area contributed by atoms with E-state index in [1.54, 1.807) is 4.68 Å². The molecule has 1 atom stereocenters. The minimum absolute atomic E-state index is 0.00513. The summed E-state index contributed by atoms with van der Waals surface area (Å²) in [5.74, 6) is 0.977. The molecule has 0 saturated carbocycles. The van der Waals surface area contributed by atoms with Crippen molar-refractivity contribution in [2.75, 3.05) is 32.8 Å². The summed E-state index contributed by atoms with van der Waals surface area (Å²) in [6.07, 6.45) is 1.12. The van der Waals surface area contributed by atoms with E-state index in [0.29, 0.717) is 18.3 Å². The predicted octanol–water partition coefficient (Wildman–Crippen LogP) is 3.33. The Kier molecular flexibility index (Phi) is 6.74. The molecule has 1 fully saturated rings. The zero-order valence-corrected chi connectivity index (χ0v) is 19.5. The second-order valence-electron chi connectivity index (χ2n) is 8.80. The number of carbonyl (C=O) groups excluding carboxylic acids is 1. The highest BCUT2D eigenvalue weighted by Crippen LogP contribution is 2.27. The number of rotatable bonds is 8. The molecule has 1 amide bonds. The molecule has 3 heterocycles. The number of fused-ring (bicyclic) bond motifs is 1. The van der Waals surface area contributed by atoms with Crippen molar-refractivity contribution in [1.29, 1.82) is 0 Å². The van der Waals surface area contributed by atoms with Gasteiger partial charge in [0.05, 0.1) is 5.39 Å². The van der Waals surface area contributed by atoms with Crippen molar-refractivity contribution in [2.24, 2.45) is 13.0 Å². The average molecular weight is 436 g/mol. The van der Waals surface area contributed by atoms with Gasteiger partial charge in [0.2, 0.25) is 5.88 Å². The second-order valence-corrected chi connectivity index (χ2v) is 8.80. The first-order valence-corrected chi connectivity index (χ1v) is 11.4. The lowest BCUT2D eigenvalue weighted by Gasteiger charge is -2.24. The molecule has 7 nitrogen and oxygen atoms in total. The fourth-order valence-electron chi connectivity index (χ4n) is 4.64. The number of carbonyl (C=O) groups is 1. The molecular weight excluding hydrogens is 402 g/mol. The van der Waals surface area contributed by atoms with Crippen molar-refractivity contribution >= 4 is 16.9 Å². The Morgan fingerprint density at radius 2 is 2.03 bits per heavy atom. The number of likely N-dealkylation sites (tertiary alicyclic amines) is 1. The zero-order chi connectivity index (χ0) is 22.7. The minimum atomic E-state index is -0.00623. The van der Waals surface area contributed by atoms with Crippen molar-refractivity contribution in [3.63, 3.8) is 0 Å². The molecule has 0 N–H and O–H groups in total. The van der Waals surface area contributed by atoms with Crippen LogP contribution in [0, 0.1) is 19.8 Å². The lowest BCUT2D eigenvalue weighted by Crippen LogP contribution is -2.39. The minimum Gasteiger partial charge on any atom is -0.466 e. The first-order valence-electron chi connectivity index (χ1n) is 11.4. The maximum Gasteiger partial charge on any atom is 0.260 e. The molecule has 0 bridgehead atoms. The Bertz CT molecular complexity index is 1080. The largest absolute Gasteiger partial charge is 0.466 e. The molecule has 32 heavy (non-hydrogen) atoms. The standard InChI is InChI=1S/C25H33N5O2/c1-5-30(16-21-11-12-29(15-21)14-20-9-7-6-8-10-20)22(31)17-32-25-23-18(2)13-19(3)26-24(23)28(4)27-25/h6-10,13,21H,5,11-12,14-17H2,1-4H3. The van der Waals surface area contributed by atoms with E-state index in [9.17, 15) is 4.79 Å². The molecule has 3 aromatic rings. The topological polar surface area (TPSA) is 63.5 Å². The first-order chi connectivity index (χ1) is 15.4. The van der Waals surface area contributed by atoms with Crippen molar-refractivity contribution in [2.45, 2.75) is 33.7 Å². The van der Waals surface area contributed by atoms with Crippen molar-refractivity contribution in [3.8, 4) is 5.88 Å². The summed E-state index contributed by atoms with van der Waals surface area (Å²) in [6, 6.07) is 12.6. The molecule has 170 valence electrons. The van der Waals surface area contributed by atoms with Gasteiger partial charge < -0.3 is 9.64 Å². The predicted molar refractivity (Wildman–Crippen MR) is 126 cm³/mol. The third kappa shape index (κ3) is 4.93. The van der Waals surface area contributed by atoms with Crippen LogP contribution in [0.2, 0.25) is 0 Å². The smallest absolute Gasteiger partial charge is 0.260 e. The Hall–Kier alpha value is -2.93. The Labute approximate surface area is 190 Å². The van der Waals surface area contributed by atoms with E-state index in [1.807, 2.05) is 38.8 Å². The van der Waals surface area contributed by atoms with Crippen LogP contribution in [0.5, 0.6) is 5.88 Å². The van der Waals surface area contributed by atoms with Crippen LogP contribution in [-0.2, 0) is 18.4 Å². The van der Waals surface area contributed by atoms with Crippen LogP contribution >= 0.6 is 0 Å². The Morgan fingerprint density at radius 3 is 2.78 bits per heavy atom. The highest BCUT2D eigenvalue weighted by atomic mass is 16.5. The van der Waals surface area contributed by atoms with Crippen molar-refractivity contribution < 1.29 is 9.53 Å². The zero-order valence-electron chi connectivity index (χ0n) is 19.5. The van der Waals surface area contributed by atoms with Gasteiger partial charge in [0.1, 0.15) is 0 Å². The van der Waals surface area contributed by atoms with Crippen LogP contribution in [0.15, 0.2) is 36.4 Å².